The molecule has 0 aliphatic heterocycles. The summed E-state index contributed by atoms with van der Waals surface area (Å²) in [6.45, 7) is 1.93. The number of aromatic nitrogens is 3. The fourth-order valence-electron chi connectivity index (χ4n) is 6.54. The first-order valence-corrected chi connectivity index (χ1v) is 15.6. The van der Waals surface area contributed by atoms with Gasteiger partial charge < -0.3 is 9.40 Å². The molecule has 1 radical (unpaired) electrons. The van der Waals surface area contributed by atoms with Crippen molar-refractivity contribution >= 4 is 22.1 Å². The van der Waals surface area contributed by atoms with Gasteiger partial charge in [-0.3, -0.25) is 4.98 Å². The van der Waals surface area contributed by atoms with Gasteiger partial charge in [0.05, 0.1) is 2.74 Å². The van der Waals surface area contributed by atoms with Crippen LogP contribution < -0.4 is 0 Å². The van der Waals surface area contributed by atoms with Gasteiger partial charge in [-0.15, -0.1) is 41.5 Å². The van der Waals surface area contributed by atoms with E-state index in [9.17, 15) is 0 Å². The summed E-state index contributed by atoms with van der Waals surface area (Å²) >= 11 is 0. The summed E-state index contributed by atoms with van der Waals surface area (Å²) in [4.78, 5) is 12.5. The molecule has 233 valence electrons. The van der Waals surface area contributed by atoms with E-state index >= 15 is 0 Å². The van der Waals surface area contributed by atoms with Gasteiger partial charge in [-0.2, -0.15) is 18.2 Å². The molecule has 4 nitrogen and oxygen atoms in total. The maximum Gasteiger partial charge on any atom is 0.212 e. The number of rotatable bonds is 3. The molecule has 2 saturated carbocycles. The molecule has 2 aliphatic rings. The van der Waals surface area contributed by atoms with Gasteiger partial charge in [-0.25, -0.2) is 4.98 Å². The molecule has 0 spiro atoms. The topological polar surface area (TPSA) is 51.8 Å². The maximum atomic E-state index is 7.26. The van der Waals surface area contributed by atoms with Crippen LogP contribution in [0.1, 0.15) is 97.9 Å². The first kappa shape index (κ1) is 26.5. The van der Waals surface area contributed by atoms with Crippen LogP contribution in [0.25, 0.3) is 33.3 Å². The van der Waals surface area contributed by atoms with E-state index in [2.05, 4.69) is 66.4 Å². The number of fused-ring (bicyclic) bond motifs is 3. The molecule has 0 unspecified atom stereocenters. The third kappa shape index (κ3) is 7.95. The van der Waals surface area contributed by atoms with E-state index in [1.165, 1.54) is 79.2 Å². The molecule has 4 heterocycles. The molecule has 2 aliphatic carbocycles. The molecule has 0 bridgehead atoms. The molecule has 45 heavy (non-hydrogen) atoms. The molecule has 8 rings (SSSR count). The fraction of sp³-hybridized carbons (Fsp3) is 0.325. The van der Waals surface area contributed by atoms with Gasteiger partial charge >= 0.3 is 0 Å². The van der Waals surface area contributed by atoms with E-state index in [-0.39, 0.29) is 37.8 Å². The quantitative estimate of drug-likeness (QED) is 0.168. The van der Waals surface area contributed by atoms with Crippen molar-refractivity contribution in [1.29, 1.82) is 0 Å². The van der Waals surface area contributed by atoms with Crippen LogP contribution in [0.5, 0.6) is 0 Å². The fourth-order valence-corrected chi connectivity index (χ4v) is 6.54. The zero-order chi connectivity index (χ0) is 34.5. The Labute approximate surface area is 288 Å². The van der Waals surface area contributed by atoms with E-state index in [4.69, 9.17) is 16.3 Å². The molecule has 0 saturated heterocycles. The van der Waals surface area contributed by atoms with Crippen molar-refractivity contribution in [3.63, 3.8) is 0 Å². The Balaban J connectivity index is 0.000000155. The standard InChI is InChI=1S/C22H26N.C12H8NO.C6H7N.Ir/c1-16-15-23-22(14-21(16)18-9-4-5-10-18)20-12-6-11-19(13-20)17-7-2-3-8-17;1-8-6-7-13-12-11(8)9-4-2-3-5-10(9)14-12;1-6-3-2-4-7-5-6;/h6,11,13-15,17-18H,2-5,7-10H2,1H3;3-7H,1H3;2-5H,1H3;/q2*-1;;/i;;1D3,2D,3D;. The smallest absolute Gasteiger partial charge is 0.212 e. The van der Waals surface area contributed by atoms with Crippen molar-refractivity contribution in [2.45, 2.75) is 83.9 Å². The summed E-state index contributed by atoms with van der Waals surface area (Å²) in [6, 6.07) is 22.8. The van der Waals surface area contributed by atoms with Crippen LogP contribution in [0.15, 0.2) is 89.8 Å². The van der Waals surface area contributed by atoms with Gasteiger partial charge in [0.15, 0.2) is 0 Å². The van der Waals surface area contributed by atoms with E-state index in [1.54, 1.807) is 6.20 Å². The van der Waals surface area contributed by atoms with Crippen molar-refractivity contribution in [3.05, 3.63) is 125 Å². The van der Waals surface area contributed by atoms with Crippen LogP contribution in [0.2, 0.25) is 0 Å². The normalized spacial score (nSPS) is 16.7. The summed E-state index contributed by atoms with van der Waals surface area (Å²) in [5.41, 5.74) is 9.25. The van der Waals surface area contributed by atoms with Crippen LogP contribution in [-0.2, 0) is 20.1 Å². The Morgan fingerprint density at radius 1 is 0.889 bits per heavy atom. The van der Waals surface area contributed by atoms with Crippen LogP contribution in [0.3, 0.4) is 0 Å². The second-order valence-corrected chi connectivity index (χ2v) is 11.8. The Bertz CT molecular complexity index is 2050. The number of nitrogens with zero attached hydrogens (tertiary/aromatic N) is 3. The molecule has 0 amide bonds. The van der Waals surface area contributed by atoms with E-state index in [0.717, 1.165) is 46.3 Å². The number of benzene rings is 2. The summed E-state index contributed by atoms with van der Waals surface area (Å²) in [6.07, 6.45) is 17.0. The van der Waals surface area contributed by atoms with Gasteiger partial charge in [0, 0.05) is 54.6 Å². The Hall–Kier alpha value is -3.66. The first-order valence-electron chi connectivity index (χ1n) is 18.1. The van der Waals surface area contributed by atoms with Crippen molar-refractivity contribution in [1.82, 2.24) is 15.0 Å². The molecule has 0 atom stereocenters. The SMILES string of the molecule is Cc1ccnc2oc3cc[c-]cc3c12.Cc1cnc(-c2[c-]ccc(C3CCCC3)c2)cc1C1CCCC1.[2H]c1cncc(C([2H])([2H])[2H])c1[2H].[Ir]. The summed E-state index contributed by atoms with van der Waals surface area (Å²) in [5, 5.41) is 2.19. The van der Waals surface area contributed by atoms with Crippen LogP contribution in [0.4, 0.5) is 0 Å². The summed E-state index contributed by atoms with van der Waals surface area (Å²) < 4.78 is 41.0. The van der Waals surface area contributed by atoms with Crippen LogP contribution in [0, 0.1) is 32.8 Å². The van der Waals surface area contributed by atoms with Gasteiger partial charge in [0.25, 0.3) is 0 Å². The molecule has 6 aromatic rings. The minimum absolute atomic E-state index is 0. The van der Waals surface area contributed by atoms with E-state index < -0.39 is 6.85 Å². The van der Waals surface area contributed by atoms with Crippen molar-refractivity contribution in [2.24, 2.45) is 0 Å². The minimum atomic E-state index is -2.35. The predicted molar refractivity (Wildman–Crippen MR) is 180 cm³/mol. The molecule has 0 N–H and O–H groups in total. The van der Waals surface area contributed by atoms with E-state index in [1.807, 2.05) is 24.3 Å². The molecule has 5 heteroatoms. The Morgan fingerprint density at radius 3 is 2.47 bits per heavy atom. The monoisotopic (exact) mass is 777 g/mol. The average molecular weight is 777 g/mol. The third-order valence-corrected chi connectivity index (χ3v) is 8.84. The zero-order valence-corrected chi connectivity index (χ0v) is 28.2. The summed E-state index contributed by atoms with van der Waals surface area (Å²) in [7, 11) is 0. The minimum Gasteiger partial charge on any atom is -0.465 e. The van der Waals surface area contributed by atoms with Gasteiger partial charge in [-0.1, -0.05) is 43.2 Å². The van der Waals surface area contributed by atoms with Crippen molar-refractivity contribution in [3.8, 4) is 11.3 Å². The zero-order valence-electron chi connectivity index (χ0n) is 30.8. The van der Waals surface area contributed by atoms with Crippen LogP contribution in [-0.4, -0.2) is 15.0 Å². The first-order chi connectivity index (χ1) is 23.6. The number of hydrogen-bond acceptors (Lipinski definition) is 4. The number of hydrogen-bond donors (Lipinski definition) is 0. The molecular weight excluding hydrogens is 731 g/mol. The van der Waals surface area contributed by atoms with Gasteiger partial charge in [0.2, 0.25) is 5.71 Å². The van der Waals surface area contributed by atoms with E-state index in [0.29, 0.717) is 5.71 Å². The molecular formula is C40H41IrN3O-2. The Morgan fingerprint density at radius 2 is 1.69 bits per heavy atom. The third-order valence-electron chi connectivity index (χ3n) is 8.84. The average Bonchev–Trinajstić information content (AvgIpc) is 3.89. The molecule has 2 fully saturated rings. The largest absolute Gasteiger partial charge is 0.465 e. The summed E-state index contributed by atoms with van der Waals surface area (Å²) in [5.74, 6) is 1.50. The number of furan rings is 1. The molecule has 4 aromatic heterocycles. The van der Waals surface area contributed by atoms with Gasteiger partial charge in [-0.05, 0) is 104 Å². The Kier molecular flexibility index (Phi) is 9.18. The van der Waals surface area contributed by atoms with Crippen molar-refractivity contribution < 1.29 is 31.4 Å². The van der Waals surface area contributed by atoms with Gasteiger partial charge in [0.1, 0.15) is 0 Å². The van der Waals surface area contributed by atoms with Crippen molar-refractivity contribution in [2.75, 3.05) is 0 Å². The van der Waals surface area contributed by atoms with Crippen LogP contribution >= 0.6 is 0 Å². The number of pyridine rings is 3. The molecule has 2 aromatic carbocycles. The second-order valence-electron chi connectivity index (χ2n) is 11.8. The maximum absolute atomic E-state index is 7.26. The number of aryl methyl sites for hydroxylation is 3. The predicted octanol–water partition coefficient (Wildman–Crippen LogP) is 10.6. The second kappa shape index (κ2) is 15.6.